The predicted octanol–water partition coefficient (Wildman–Crippen LogP) is 2.47. The maximum absolute atomic E-state index is 13.1. The average molecular weight is 292 g/mol. The molecule has 1 aliphatic heterocycles. The van der Waals surface area contributed by atoms with E-state index in [0.29, 0.717) is 24.9 Å². The van der Waals surface area contributed by atoms with Gasteiger partial charge in [-0.25, -0.2) is 0 Å². The molecule has 1 heterocycles. The molecule has 0 aromatic rings. The summed E-state index contributed by atoms with van der Waals surface area (Å²) in [6.07, 6.45) is 7.62. The van der Waals surface area contributed by atoms with Crippen LogP contribution in [0.2, 0.25) is 0 Å². The highest BCUT2D eigenvalue weighted by Gasteiger charge is 2.48. The van der Waals surface area contributed by atoms with Gasteiger partial charge in [-0.1, -0.05) is 26.7 Å². The van der Waals surface area contributed by atoms with Crippen LogP contribution in [0.15, 0.2) is 0 Å². The van der Waals surface area contributed by atoms with Crippen molar-refractivity contribution in [1.82, 2.24) is 10.2 Å². The molecule has 3 atom stereocenters. The molecule has 2 amide bonds. The first-order valence-corrected chi connectivity index (χ1v) is 8.64. The van der Waals surface area contributed by atoms with Gasteiger partial charge in [-0.3, -0.25) is 9.59 Å². The lowest BCUT2D eigenvalue weighted by Gasteiger charge is -2.41. The number of carbonyl (C=O) groups excluding carboxylic acids is 2. The average Bonchev–Trinajstić information content (AvgIpc) is 2.87. The second kappa shape index (κ2) is 5.62. The lowest BCUT2D eigenvalue weighted by molar-refractivity contribution is -0.141. The largest absolute Gasteiger partial charge is 0.342 e. The van der Waals surface area contributed by atoms with E-state index in [9.17, 15) is 9.59 Å². The standard InChI is InChI=1S/C17H28N2O2/c1-12-5-6-14(11-13(12)2)19-10-7-15(20)18-17(16(19)21)8-3-4-9-17/h12-14H,3-11H2,1-2H3,(H,18,20). The van der Waals surface area contributed by atoms with E-state index in [1.165, 1.54) is 6.42 Å². The number of nitrogens with zero attached hydrogens (tertiary/aromatic N) is 1. The van der Waals surface area contributed by atoms with Crippen LogP contribution in [0, 0.1) is 11.8 Å². The third-order valence-electron chi connectivity index (χ3n) is 6.10. The van der Waals surface area contributed by atoms with Crippen molar-refractivity contribution in [3.05, 3.63) is 0 Å². The molecule has 0 aromatic carbocycles. The Morgan fingerprint density at radius 1 is 1.10 bits per heavy atom. The van der Waals surface area contributed by atoms with Gasteiger partial charge in [0.25, 0.3) is 0 Å². The van der Waals surface area contributed by atoms with Crippen molar-refractivity contribution in [3.8, 4) is 0 Å². The highest BCUT2D eigenvalue weighted by Crippen LogP contribution is 2.37. The number of carbonyl (C=O) groups is 2. The quantitative estimate of drug-likeness (QED) is 0.807. The summed E-state index contributed by atoms with van der Waals surface area (Å²) in [5.41, 5.74) is -0.570. The summed E-state index contributed by atoms with van der Waals surface area (Å²) in [7, 11) is 0. The van der Waals surface area contributed by atoms with Crippen molar-refractivity contribution in [1.29, 1.82) is 0 Å². The number of amides is 2. The molecule has 0 aromatic heterocycles. The fraction of sp³-hybridized carbons (Fsp3) is 0.882. The Morgan fingerprint density at radius 3 is 2.48 bits per heavy atom. The molecule has 3 unspecified atom stereocenters. The van der Waals surface area contributed by atoms with Crippen molar-refractivity contribution in [3.63, 3.8) is 0 Å². The van der Waals surface area contributed by atoms with Gasteiger partial charge in [0.2, 0.25) is 11.8 Å². The fourth-order valence-corrected chi connectivity index (χ4v) is 4.45. The van der Waals surface area contributed by atoms with Gasteiger partial charge in [0.1, 0.15) is 5.54 Å². The van der Waals surface area contributed by atoms with Crippen LogP contribution < -0.4 is 5.32 Å². The smallest absolute Gasteiger partial charge is 0.248 e. The summed E-state index contributed by atoms with van der Waals surface area (Å²) in [6.45, 7) is 5.22. The monoisotopic (exact) mass is 292 g/mol. The normalized spacial score (nSPS) is 36.7. The molecule has 0 bridgehead atoms. The van der Waals surface area contributed by atoms with Crippen LogP contribution in [-0.2, 0) is 9.59 Å². The molecule has 1 spiro atoms. The Balaban J connectivity index is 1.80. The van der Waals surface area contributed by atoms with E-state index in [2.05, 4.69) is 24.1 Å². The molecule has 3 fully saturated rings. The highest BCUT2D eigenvalue weighted by atomic mass is 16.2. The summed E-state index contributed by atoms with van der Waals surface area (Å²) in [5.74, 6) is 1.69. The van der Waals surface area contributed by atoms with Gasteiger partial charge in [-0.2, -0.15) is 0 Å². The van der Waals surface area contributed by atoms with Crippen LogP contribution in [0.1, 0.15) is 65.2 Å². The van der Waals surface area contributed by atoms with Gasteiger partial charge in [-0.15, -0.1) is 0 Å². The molecular weight excluding hydrogens is 264 g/mol. The molecule has 118 valence electrons. The van der Waals surface area contributed by atoms with Crippen LogP contribution >= 0.6 is 0 Å². The first kappa shape index (κ1) is 14.9. The molecule has 4 heteroatoms. The van der Waals surface area contributed by atoms with Gasteiger partial charge in [0.05, 0.1) is 0 Å². The summed E-state index contributed by atoms with van der Waals surface area (Å²) in [4.78, 5) is 27.2. The van der Waals surface area contributed by atoms with E-state index >= 15 is 0 Å². The van der Waals surface area contributed by atoms with E-state index in [4.69, 9.17) is 0 Å². The van der Waals surface area contributed by atoms with Crippen LogP contribution in [-0.4, -0.2) is 34.8 Å². The Hall–Kier alpha value is -1.06. The van der Waals surface area contributed by atoms with Crippen molar-refractivity contribution in [2.24, 2.45) is 11.8 Å². The zero-order chi connectivity index (χ0) is 15.0. The molecule has 2 saturated carbocycles. The Morgan fingerprint density at radius 2 is 1.81 bits per heavy atom. The summed E-state index contributed by atoms with van der Waals surface area (Å²) in [6, 6.07) is 0.342. The molecule has 21 heavy (non-hydrogen) atoms. The second-order valence-corrected chi connectivity index (χ2v) is 7.51. The highest BCUT2D eigenvalue weighted by molar-refractivity contribution is 5.94. The van der Waals surface area contributed by atoms with Crippen molar-refractivity contribution in [2.75, 3.05) is 6.54 Å². The topological polar surface area (TPSA) is 49.4 Å². The lowest BCUT2D eigenvalue weighted by atomic mass is 9.78. The van der Waals surface area contributed by atoms with Crippen LogP contribution in [0.5, 0.6) is 0 Å². The predicted molar refractivity (Wildman–Crippen MR) is 81.6 cm³/mol. The number of rotatable bonds is 1. The molecule has 3 aliphatic rings. The van der Waals surface area contributed by atoms with Crippen molar-refractivity contribution in [2.45, 2.75) is 76.8 Å². The molecule has 3 rings (SSSR count). The first-order chi connectivity index (χ1) is 10.0. The van der Waals surface area contributed by atoms with Gasteiger partial charge in [0.15, 0.2) is 0 Å². The van der Waals surface area contributed by atoms with Crippen molar-refractivity contribution >= 4 is 11.8 Å². The Kier molecular flexibility index (Phi) is 3.98. The summed E-state index contributed by atoms with van der Waals surface area (Å²) in [5, 5.41) is 3.06. The van der Waals surface area contributed by atoms with E-state index in [0.717, 1.165) is 44.4 Å². The molecule has 4 nitrogen and oxygen atoms in total. The first-order valence-electron chi connectivity index (χ1n) is 8.64. The van der Waals surface area contributed by atoms with Crippen LogP contribution in [0.3, 0.4) is 0 Å². The zero-order valence-corrected chi connectivity index (χ0v) is 13.4. The molecule has 1 saturated heterocycles. The van der Waals surface area contributed by atoms with Gasteiger partial charge >= 0.3 is 0 Å². The number of hydrogen-bond acceptors (Lipinski definition) is 2. The fourth-order valence-electron chi connectivity index (χ4n) is 4.45. The number of hydrogen-bond donors (Lipinski definition) is 1. The van der Waals surface area contributed by atoms with E-state index in [1.807, 2.05) is 0 Å². The zero-order valence-electron chi connectivity index (χ0n) is 13.4. The molecule has 2 aliphatic carbocycles. The minimum atomic E-state index is -0.570. The van der Waals surface area contributed by atoms with E-state index in [1.54, 1.807) is 0 Å². The minimum Gasteiger partial charge on any atom is -0.342 e. The third kappa shape index (κ3) is 2.69. The maximum Gasteiger partial charge on any atom is 0.248 e. The van der Waals surface area contributed by atoms with Crippen molar-refractivity contribution < 1.29 is 9.59 Å². The maximum atomic E-state index is 13.1. The minimum absolute atomic E-state index is 0.0602. The van der Waals surface area contributed by atoms with Gasteiger partial charge < -0.3 is 10.2 Å². The third-order valence-corrected chi connectivity index (χ3v) is 6.10. The van der Waals surface area contributed by atoms with Gasteiger partial charge in [-0.05, 0) is 43.9 Å². The number of nitrogens with one attached hydrogen (secondary N) is 1. The Labute approximate surface area is 127 Å². The van der Waals surface area contributed by atoms with Crippen LogP contribution in [0.4, 0.5) is 0 Å². The van der Waals surface area contributed by atoms with E-state index in [-0.39, 0.29) is 11.8 Å². The van der Waals surface area contributed by atoms with Crippen LogP contribution in [0.25, 0.3) is 0 Å². The lowest BCUT2D eigenvalue weighted by Crippen LogP contribution is -2.57. The van der Waals surface area contributed by atoms with Gasteiger partial charge in [0, 0.05) is 19.0 Å². The molecule has 1 N–H and O–H groups in total. The summed E-state index contributed by atoms with van der Waals surface area (Å²) >= 11 is 0. The SMILES string of the molecule is CC1CCC(N2CCC(=O)NC3(CCCC3)C2=O)CC1C. The molecule has 0 radical (unpaired) electrons. The molecular formula is C17H28N2O2. The van der Waals surface area contributed by atoms with E-state index < -0.39 is 5.54 Å². The summed E-state index contributed by atoms with van der Waals surface area (Å²) < 4.78 is 0. The Bertz CT molecular complexity index is 429. The second-order valence-electron chi connectivity index (χ2n) is 7.51.